The van der Waals surface area contributed by atoms with E-state index in [4.69, 9.17) is 4.74 Å². The molecule has 1 aromatic carbocycles. The summed E-state index contributed by atoms with van der Waals surface area (Å²) in [4.78, 5) is 0. The number of halogens is 3. The van der Waals surface area contributed by atoms with E-state index in [1.807, 2.05) is 6.92 Å². The van der Waals surface area contributed by atoms with Crippen LogP contribution in [0.15, 0.2) is 18.2 Å². The maximum Gasteiger partial charge on any atom is 0.416 e. The van der Waals surface area contributed by atoms with Crippen molar-refractivity contribution in [1.82, 2.24) is 5.32 Å². The predicted molar refractivity (Wildman–Crippen MR) is 55.5 cm³/mol. The zero-order valence-electron chi connectivity index (χ0n) is 9.35. The van der Waals surface area contributed by atoms with Crippen LogP contribution in [-0.4, -0.2) is 14.2 Å². The maximum absolute atomic E-state index is 12.4. The first kappa shape index (κ1) is 12.8. The van der Waals surface area contributed by atoms with E-state index in [0.717, 1.165) is 12.1 Å². The van der Waals surface area contributed by atoms with Crippen LogP contribution in [0.5, 0.6) is 5.75 Å². The van der Waals surface area contributed by atoms with Crippen LogP contribution in [0.4, 0.5) is 13.2 Å². The number of methoxy groups -OCH3 is 1. The van der Waals surface area contributed by atoms with Gasteiger partial charge in [0.15, 0.2) is 0 Å². The Morgan fingerprint density at radius 1 is 1.31 bits per heavy atom. The lowest BCUT2D eigenvalue weighted by Gasteiger charge is -2.16. The molecule has 90 valence electrons. The summed E-state index contributed by atoms with van der Waals surface area (Å²) in [6.45, 7) is 1.85. The molecule has 0 bridgehead atoms. The summed E-state index contributed by atoms with van der Waals surface area (Å²) in [6, 6.07) is 3.45. The monoisotopic (exact) mass is 233 g/mol. The van der Waals surface area contributed by atoms with Crippen LogP contribution in [0.3, 0.4) is 0 Å². The Morgan fingerprint density at radius 3 is 2.38 bits per heavy atom. The van der Waals surface area contributed by atoms with Crippen molar-refractivity contribution in [1.29, 1.82) is 0 Å². The third-order valence-corrected chi connectivity index (χ3v) is 2.46. The summed E-state index contributed by atoms with van der Waals surface area (Å²) in [5, 5.41) is 2.95. The largest absolute Gasteiger partial charge is 0.496 e. The van der Waals surface area contributed by atoms with Gasteiger partial charge in [-0.15, -0.1) is 0 Å². The van der Waals surface area contributed by atoms with Gasteiger partial charge in [-0.05, 0) is 26.1 Å². The molecule has 0 radical (unpaired) electrons. The van der Waals surface area contributed by atoms with Crippen molar-refractivity contribution < 1.29 is 17.9 Å². The molecule has 2 nitrogen and oxygen atoms in total. The second kappa shape index (κ2) is 4.74. The van der Waals surface area contributed by atoms with Gasteiger partial charge in [0.2, 0.25) is 0 Å². The Labute approximate surface area is 92.4 Å². The fourth-order valence-electron chi connectivity index (χ4n) is 1.40. The number of rotatable bonds is 3. The van der Waals surface area contributed by atoms with Crippen LogP contribution in [0.1, 0.15) is 24.1 Å². The Bertz CT molecular complexity index is 363. The Morgan fingerprint density at radius 2 is 1.94 bits per heavy atom. The predicted octanol–water partition coefficient (Wildman–Crippen LogP) is 2.99. The molecule has 16 heavy (non-hydrogen) atoms. The van der Waals surface area contributed by atoms with Gasteiger partial charge in [0.25, 0.3) is 0 Å². The van der Waals surface area contributed by atoms with Crippen LogP contribution >= 0.6 is 0 Å². The minimum absolute atomic E-state index is 0.0581. The van der Waals surface area contributed by atoms with E-state index in [1.54, 1.807) is 7.05 Å². The molecule has 0 unspecified atom stereocenters. The highest BCUT2D eigenvalue weighted by atomic mass is 19.4. The smallest absolute Gasteiger partial charge is 0.416 e. The van der Waals surface area contributed by atoms with Crippen LogP contribution in [0, 0.1) is 0 Å². The third-order valence-electron chi connectivity index (χ3n) is 2.46. The van der Waals surface area contributed by atoms with Gasteiger partial charge in [-0.1, -0.05) is 6.07 Å². The highest BCUT2D eigenvalue weighted by Gasteiger charge is 2.31. The highest BCUT2D eigenvalue weighted by Crippen LogP contribution is 2.34. The second-order valence-corrected chi connectivity index (χ2v) is 3.46. The van der Waals surface area contributed by atoms with Crippen molar-refractivity contribution in [2.75, 3.05) is 14.2 Å². The number of alkyl halides is 3. The lowest BCUT2D eigenvalue weighted by atomic mass is 10.0. The van der Waals surface area contributed by atoms with E-state index < -0.39 is 11.7 Å². The quantitative estimate of drug-likeness (QED) is 0.866. The van der Waals surface area contributed by atoms with E-state index in [0.29, 0.717) is 5.56 Å². The molecule has 0 fully saturated rings. The van der Waals surface area contributed by atoms with Crippen molar-refractivity contribution in [2.24, 2.45) is 0 Å². The molecule has 0 saturated carbocycles. The van der Waals surface area contributed by atoms with Crippen LogP contribution in [0.2, 0.25) is 0 Å². The summed E-state index contributed by atoms with van der Waals surface area (Å²) >= 11 is 0. The average Bonchev–Trinajstić information content (AvgIpc) is 2.26. The molecule has 0 aliphatic carbocycles. The molecule has 1 aromatic rings. The van der Waals surface area contributed by atoms with E-state index in [-0.39, 0.29) is 11.8 Å². The normalized spacial score (nSPS) is 13.6. The number of ether oxygens (including phenoxy) is 1. The fourth-order valence-corrected chi connectivity index (χ4v) is 1.40. The molecule has 0 saturated heterocycles. The van der Waals surface area contributed by atoms with Gasteiger partial charge in [0.1, 0.15) is 5.75 Å². The SMILES string of the molecule is CN[C@@H](C)c1ccc(C(F)(F)F)cc1OC. The van der Waals surface area contributed by atoms with Gasteiger partial charge in [0.05, 0.1) is 12.7 Å². The van der Waals surface area contributed by atoms with Crippen molar-refractivity contribution in [3.8, 4) is 5.75 Å². The Kier molecular flexibility index (Phi) is 3.80. The van der Waals surface area contributed by atoms with E-state index >= 15 is 0 Å². The summed E-state index contributed by atoms with van der Waals surface area (Å²) in [7, 11) is 3.10. The lowest BCUT2D eigenvalue weighted by molar-refractivity contribution is -0.137. The molecule has 1 rings (SSSR count). The first-order valence-electron chi connectivity index (χ1n) is 4.82. The molecule has 5 heteroatoms. The van der Waals surface area contributed by atoms with E-state index in [2.05, 4.69) is 5.32 Å². The van der Waals surface area contributed by atoms with Gasteiger partial charge in [-0.25, -0.2) is 0 Å². The van der Waals surface area contributed by atoms with Gasteiger partial charge >= 0.3 is 6.18 Å². The summed E-state index contributed by atoms with van der Waals surface area (Å²) in [5.74, 6) is 0.247. The molecule has 0 aliphatic heterocycles. The van der Waals surface area contributed by atoms with Gasteiger partial charge in [-0.3, -0.25) is 0 Å². The van der Waals surface area contributed by atoms with Crippen LogP contribution < -0.4 is 10.1 Å². The number of hydrogen-bond donors (Lipinski definition) is 1. The molecular weight excluding hydrogens is 219 g/mol. The Balaban J connectivity index is 3.17. The first-order valence-corrected chi connectivity index (χ1v) is 4.82. The Hall–Kier alpha value is -1.23. The molecule has 1 N–H and O–H groups in total. The first-order chi connectivity index (χ1) is 7.40. The average molecular weight is 233 g/mol. The zero-order chi connectivity index (χ0) is 12.3. The van der Waals surface area contributed by atoms with Crippen LogP contribution in [0.25, 0.3) is 0 Å². The molecule has 1 atom stereocenters. The second-order valence-electron chi connectivity index (χ2n) is 3.46. The summed E-state index contributed by atoms with van der Waals surface area (Å²) in [6.07, 6.45) is -4.34. The van der Waals surface area contributed by atoms with E-state index in [1.165, 1.54) is 13.2 Å². The zero-order valence-corrected chi connectivity index (χ0v) is 9.35. The van der Waals surface area contributed by atoms with Crippen molar-refractivity contribution in [3.63, 3.8) is 0 Å². The molecular formula is C11H14F3NO. The molecule has 0 spiro atoms. The number of hydrogen-bond acceptors (Lipinski definition) is 2. The van der Waals surface area contributed by atoms with Crippen molar-refractivity contribution in [2.45, 2.75) is 19.1 Å². The minimum atomic E-state index is -4.34. The fraction of sp³-hybridized carbons (Fsp3) is 0.455. The molecule has 0 aromatic heterocycles. The molecule has 0 heterocycles. The molecule has 0 aliphatic rings. The lowest BCUT2D eigenvalue weighted by Crippen LogP contribution is -2.14. The van der Waals surface area contributed by atoms with Gasteiger partial charge in [0, 0.05) is 11.6 Å². The van der Waals surface area contributed by atoms with Gasteiger partial charge < -0.3 is 10.1 Å². The summed E-state index contributed by atoms with van der Waals surface area (Å²) < 4.78 is 42.3. The van der Waals surface area contributed by atoms with Crippen LogP contribution in [-0.2, 0) is 6.18 Å². The van der Waals surface area contributed by atoms with Gasteiger partial charge in [-0.2, -0.15) is 13.2 Å². The number of nitrogens with one attached hydrogen (secondary N) is 1. The highest BCUT2D eigenvalue weighted by molar-refractivity contribution is 5.40. The van der Waals surface area contributed by atoms with Crippen molar-refractivity contribution >= 4 is 0 Å². The third kappa shape index (κ3) is 2.66. The maximum atomic E-state index is 12.4. The number of benzene rings is 1. The van der Waals surface area contributed by atoms with Crippen molar-refractivity contribution in [3.05, 3.63) is 29.3 Å². The molecule has 0 amide bonds. The van der Waals surface area contributed by atoms with E-state index in [9.17, 15) is 13.2 Å². The standard InChI is InChI=1S/C11H14F3NO/c1-7(15-2)9-5-4-8(11(12,13)14)6-10(9)16-3/h4-7,15H,1-3H3/t7-/m0/s1. The topological polar surface area (TPSA) is 21.3 Å². The minimum Gasteiger partial charge on any atom is -0.496 e. The summed E-state index contributed by atoms with van der Waals surface area (Å²) in [5.41, 5.74) is 0.00871.